The number of piperidine rings is 3. The molecule has 0 spiro atoms. The van der Waals surface area contributed by atoms with E-state index in [-0.39, 0.29) is 11.9 Å². The van der Waals surface area contributed by atoms with Crippen molar-refractivity contribution in [1.29, 1.82) is 0 Å². The first-order valence-electron chi connectivity index (χ1n) is 8.82. The smallest absolute Gasteiger partial charge is 0.280 e. The molecule has 2 bridgehead atoms. The van der Waals surface area contributed by atoms with Gasteiger partial charge in [-0.2, -0.15) is 0 Å². The van der Waals surface area contributed by atoms with Crippen LogP contribution in [0.15, 0.2) is 24.3 Å². The van der Waals surface area contributed by atoms with Gasteiger partial charge in [-0.25, -0.2) is 4.98 Å². The molecule has 4 nitrogen and oxygen atoms in total. The van der Waals surface area contributed by atoms with E-state index in [1.165, 1.54) is 24.2 Å². The van der Waals surface area contributed by atoms with E-state index in [0.29, 0.717) is 22.0 Å². The van der Waals surface area contributed by atoms with Crippen molar-refractivity contribution in [3.05, 3.63) is 40.0 Å². The first-order chi connectivity index (χ1) is 12.0. The zero-order valence-electron chi connectivity index (χ0n) is 14.5. The number of carbonyl (C=O) groups is 1. The fourth-order valence-corrected chi connectivity index (χ4v) is 5.44. The minimum atomic E-state index is -0.0583. The highest BCUT2D eigenvalue weighted by Gasteiger charge is 2.40. The molecule has 3 fully saturated rings. The third-order valence-electron chi connectivity index (χ3n) is 5.58. The second kappa shape index (κ2) is 6.71. The Hall–Kier alpha value is -1.43. The Morgan fingerprint density at radius 1 is 1.32 bits per heavy atom. The van der Waals surface area contributed by atoms with Crippen molar-refractivity contribution < 1.29 is 4.79 Å². The minimum absolute atomic E-state index is 0.0583. The predicted octanol–water partition coefficient (Wildman–Crippen LogP) is 3.98. The molecule has 132 valence electrons. The topological polar surface area (TPSA) is 45.2 Å². The summed E-state index contributed by atoms with van der Waals surface area (Å²) in [6.07, 6.45) is 2.36. The van der Waals surface area contributed by atoms with Crippen LogP contribution in [-0.4, -0.2) is 41.0 Å². The SMILES string of the molecule is Cc1nc(C(=O)N[C@@H]2C3CCN(CC3)[C@@H]2C)sc1-c1ccccc1Cl. The maximum absolute atomic E-state index is 12.8. The van der Waals surface area contributed by atoms with E-state index in [1.807, 2.05) is 31.2 Å². The van der Waals surface area contributed by atoms with Crippen LogP contribution in [0.2, 0.25) is 5.02 Å². The average Bonchev–Trinajstić information content (AvgIpc) is 3.00. The molecule has 1 aromatic heterocycles. The quantitative estimate of drug-likeness (QED) is 0.882. The number of hydrogen-bond donors (Lipinski definition) is 1. The molecule has 25 heavy (non-hydrogen) atoms. The summed E-state index contributed by atoms with van der Waals surface area (Å²) in [5, 5.41) is 4.47. The van der Waals surface area contributed by atoms with Gasteiger partial charge in [0.05, 0.1) is 10.6 Å². The summed E-state index contributed by atoms with van der Waals surface area (Å²) in [6.45, 7) is 6.47. The summed E-state index contributed by atoms with van der Waals surface area (Å²) in [7, 11) is 0. The summed E-state index contributed by atoms with van der Waals surface area (Å²) < 4.78 is 0. The normalized spacial score (nSPS) is 28.1. The van der Waals surface area contributed by atoms with E-state index >= 15 is 0 Å². The predicted molar refractivity (Wildman–Crippen MR) is 102 cm³/mol. The van der Waals surface area contributed by atoms with Crippen molar-refractivity contribution in [2.24, 2.45) is 5.92 Å². The van der Waals surface area contributed by atoms with E-state index in [0.717, 1.165) is 29.2 Å². The molecule has 1 amide bonds. The lowest BCUT2D eigenvalue weighted by molar-refractivity contribution is 0.0217. The molecular formula is C19H22ClN3OS. The Morgan fingerprint density at radius 2 is 2.04 bits per heavy atom. The van der Waals surface area contributed by atoms with Gasteiger partial charge in [-0.05, 0) is 51.8 Å². The van der Waals surface area contributed by atoms with Crippen LogP contribution in [0.25, 0.3) is 10.4 Å². The third kappa shape index (κ3) is 3.09. The summed E-state index contributed by atoms with van der Waals surface area (Å²) in [5.74, 6) is 0.532. The molecule has 0 saturated carbocycles. The maximum atomic E-state index is 12.8. The fraction of sp³-hybridized carbons (Fsp3) is 0.474. The van der Waals surface area contributed by atoms with Crippen LogP contribution in [0.4, 0.5) is 0 Å². The first kappa shape index (κ1) is 17.0. The lowest BCUT2D eigenvalue weighted by Crippen LogP contribution is -2.62. The zero-order valence-corrected chi connectivity index (χ0v) is 16.0. The third-order valence-corrected chi connectivity index (χ3v) is 7.10. The van der Waals surface area contributed by atoms with E-state index in [1.54, 1.807) is 0 Å². The average molecular weight is 376 g/mol. The van der Waals surface area contributed by atoms with E-state index < -0.39 is 0 Å². The summed E-state index contributed by atoms with van der Waals surface area (Å²) in [4.78, 5) is 20.8. The molecule has 0 aliphatic carbocycles. The molecule has 1 N–H and O–H groups in total. The number of carbonyl (C=O) groups excluding carboxylic acids is 1. The van der Waals surface area contributed by atoms with Crippen molar-refractivity contribution in [3.63, 3.8) is 0 Å². The molecule has 2 aromatic rings. The van der Waals surface area contributed by atoms with Gasteiger partial charge in [-0.3, -0.25) is 9.69 Å². The van der Waals surface area contributed by atoms with Gasteiger partial charge >= 0.3 is 0 Å². The lowest BCUT2D eigenvalue weighted by atomic mass is 9.79. The van der Waals surface area contributed by atoms with Gasteiger partial charge in [-0.15, -0.1) is 11.3 Å². The van der Waals surface area contributed by atoms with Crippen LogP contribution >= 0.6 is 22.9 Å². The zero-order chi connectivity index (χ0) is 17.6. The highest BCUT2D eigenvalue weighted by molar-refractivity contribution is 7.17. The highest BCUT2D eigenvalue weighted by Crippen LogP contribution is 2.36. The molecule has 0 radical (unpaired) electrons. The molecule has 1 aromatic carbocycles. The van der Waals surface area contributed by atoms with Gasteiger partial charge < -0.3 is 5.32 Å². The Bertz CT molecular complexity index is 796. The molecule has 0 unspecified atom stereocenters. The van der Waals surface area contributed by atoms with E-state index in [4.69, 9.17) is 11.6 Å². The minimum Gasteiger partial charge on any atom is -0.345 e. The Labute approximate surface area is 157 Å². The summed E-state index contributed by atoms with van der Waals surface area (Å²) in [6, 6.07) is 8.33. The number of aryl methyl sites for hydroxylation is 1. The summed E-state index contributed by atoms with van der Waals surface area (Å²) in [5.41, 5.74) is 1.79. The van der Waals surface area contributed by atoms with Crippen LogP contribution in [0.1, 0.15) is 35.3 Å². The Balaban J connectivity index is 1.56. The van der Waals surface area contributed by atoms with Gasteiger partial charge in [0.15, 0.2) is 5.01 Å². The molecule has 3 saturated heterocycles. The second-order valence-electron chi connectivity index (χ2n) is 7.03. The number of hydrogen-bond acceptors (Lipinski definition) is 4. The van der Waals surface area contributed by atoms with Crippen LogP contribution < -0.4 is 5.32 Å². The van der Waals surface area contributed by atoms with Crippen LogP contribution in [0, 0.1) is 12.8 Å². The lowest BCUT2D eigenvalue weighted by Gasteiger charge is -2.49. The van der Waals surface area contributed by atoms with Crippen LogP contribution in [0.5, 0.6) is 0 Å². The van der Waals surface area contributed by atoms with Gasteiger partial charge in [0.2, 0.25) is 0 Å². The number of fused-ring (bicyclic) bond motifs is 3. The molecule has 3 aliphatic heterocycles. The van der Waals surface area contributed by atoms with Crippen molar-refractivity contribution in [1.82, 2.24) is 15.2 Å². The molecule has 6 heteroatoms. The number of benzene rings is 1. The Kier molecular flexibility index (Phi) is 4.56. The highest BCUT2D eigenvalue weighted by atomic mass is 35.5. The fourth-order valence-electron chi connectivity index (χ4n) is 4.15. The first-order valence-corrected chi connectivity index (χ1v) is 10.0. The number of halogens is 1. The number of rotatable bonds is 3. The van der Waals surface area contributed by atoms with Gasteiger partial charge in [0, 0.05) is 22.7 Å². The van der Waals surface area contributed by atoms with E-state index in [2.05, 4.69) is 22.1 Å². The second-order valence-corrected chi connectivity index (χ2v) is 8.43. The van der Waals surface area contributed by atoms with E-state index in [9.17, 15) is 4.79 Å². The van der Waals surface area contributed by atoms with Crippen LogP contribution in [-0.2, 0) is 0 Å². The van der Waals surface area contributed by atoms with Gasteiger partial charge in [0.1, 0.15) is 0 Å². The number of aromatic nitrogens is 1. The number of nitrogens with zero attached hydrogens (tertiary/aromatic N) is 2. The number of nitrogens with one attached hydrogen (secondary N) is 1. The molecule has 4 heterocycles. The number of amides is 1. The molecular weight excluding hydrogens is 354 g/mol. The van der Waals surface area contributed by atoms with Crippen LogP contribution in [0.3, 0.4) is 0 Å². The molecule has 2 atom stereocenters. The van der Waals surface area contributed by atoms with Crippen molar-refractivity contribution in [2.75, 3.05) is 13.1 Å². The van der Waals surface area contributed by atoms with Crippen molar-refractivity contribution in [2.45, 2.75) is 38.8 Å². The van der Waals surface area contributed by atoms with Gasteiger partial charge in [-0.1, -0.05) is 29.8 Å². The molecule has 3 aliphatic rings. The Morgan fingerprint density at radius 3 is 2.72 bits per heavy atom. The monoisotopic (exact) mass is 375 g/mol. The molecule has 5 rings (SSSR count). The van der Waals surface area contributed by atoms with Crippen molar-refractivity contribution >= 4 is 28.8 Å². The van der Waals surface area contributed by atoms with Crippen molar-refractivity contribution in [3.8, 4) is 10.4 Å². The number of thiazole rings is 1. The standard InChI is InChI=1S/C19H22ClN3OS/c1-11-17(14-5-3-4-6-15(14)20)25-19(21-11)18(24)22-16-12(2)23-9-7-13(16)8-10-23/h3-6,12-13,16H,7-10H2,1-2H3,(H,22,24)/t12-,16+/m1/s1. The largest absolute Gasteiger partial charge is 0.345 e. The summed E-state index contributed by atoms with van der Waals surface area (Å²) >= 11 is 7.73. The van der Waals surface area contributed by atoms with Gasteiger partial charge in [0.25, 0.3) is 5.91 Å². The maximum Gasteiger partial charge on any atom is 0.280 e.